The molecule has 2 aromatic heterocycles. The first-order valence-electron chi connectivity index (χ1n) is 12.4. The Morgan fingerprint density at radius 3 is 2.29 bits per heavy atom. The minimum absolute atomic E-state index is 0.0730. The van der Waals surface area contributed by atoms with Crippen molar-refractivity contribution in [2.75, 3.05) is 18.4 Å². The highest BCUT2D eigenvalue weighted by atomic mass is 79.9. The van der Waals surface area contributed by atoms with E-state index in [-0.39, 0.29) is 35.7 Å². The maximum Gasteiger partial charge on any atom is 0.223 e. The average molecular weight is 574 g/mol. The second kappa shape index (κ2) is 9.68. The van der Waals surface area contributed by atoms with Crippen LogP contribution in [0.25, 0.3) is 16.9 Å². The normalized spacial score (nSPS) is 16.3. The first-order chi connectivity index (χ1) is 18.4. The van der Waals surface area contributed by atoms with Crippen molar-refractivity contribution in [1.82, 2.24) is 19.5 Å². The van der Waals surface area contributed by atoms with Gasteiger partial charge in [-0.1, -0.05) is 36.4 Å². The predicted octanol–water partition coefficient (Wildman–Crippen LogP) is 4.35. The lowest BCUT2D eigenvalue weighted by atomic mass is 9.97. The zero-order valence-electron chi connectivity index (χ0n) is 20.3. The lowest BCUT2D eigenvalue weighted by Gasteiger charge is -2.33. The van der Waals surface area contributed by atoms with E-state index in [1.165, 1.54) is 0 Å². The minimum atomic E-state index is -0.924. The number of halogens is 1. The fraction of sp³-hybridized carbons (Fsp3) is 0.250. The fourth-order valence-corrected chi connectivity index (χ4v) is 5.59. The number of carbonyl (C=O) groups is 3. The highest BCUT2D eigenvalue weighted by Crippen LogP contribution is 2.32. The van der Waals surface area contributed by atoms with Gasteiger partial charge in [0.05, 0.1) is 22.3 Å². The van der Waals surface area contributed by atoms with E-state index in [1.54, 1.807) is 52.0 Å². The van der Waals surface area contributed by atoms with Gasteiger partial charge in [-0.25, -0.2) is 4.98 Å². The molecule has 9 nitrogen and oxygen atoms in total. The number of aromatic nitrogens is 3. The van der Waals surface area contributed by atoms with Crippen molar-refractivity contribution >= 4 is 44.9 Å². The Kier molecular flexibility index (Phi) is 6.19. The van der Waals surface area contributed by atoms with Crippen LogP contribution in [0.4, 0.5) is 5.82 Å². The number of likely N-dealkylation sites (tertiary alicyclic amines) is 1. The summed E-state index contributed by atoms with van der Waals surface area (Å²) in [4.78, 5) is 44.8. The lowest BCUT2D eigenvalue weighted by Crippen LogP contribution is -2.43. The third-order valence-corrected chi connectivity index (χ3v) is 7.84. The smallest absolute Gasteiger partial charge is 0.223 e. The van der Waals surface area contributed by atoms with E-state index in [2.05, 4.69) is 31.3 Å². The average Bonchev–Trinajstić information content (AvgIpc) is 3.42. The first kappa shape index (κ1) is 24.3. The molecule has 0 bridgehead atoms. The SMILES string of the molecule is O=C1c2ccccc2C(=O)C1CC(=O)N1CCC(Nc2cc(-c3ccccc3O)nc3c(Br)cnn23)CC1. The number of anilines is 1. The molecular formula is C28H24BrN5O4. The van der Waals surface area contributed by atoms with E-state index in [1.807, 2.05) is 18.2 Å². The summed E-state index contributed by atoms with van der Waals surface area (Å²) in [7, 11) is 0. The first-order valence-corrected chi connectivity index (χ1v) is 13.2. The molecule has 0 spiro atoms. The number of nitrogens with zero attached hydrogens (tertiary/aromatic N) is 4. The van der Waals surface area contributed by atoms with Crippen LogP contribution < -0.4 is 5.32 Å². The molecule has 3 heterocycles. The van der Waals surface area contributed by atoms with Crippen LogP contribution in [0.15, 0.2) is 65.3 Å². The van der Waals surface area contributed by atoms with Gasteiger partial charge < -0.3 is 15.3 Å². The van der Waals surface area contributed by atoms with Crippen LogP contribution in [0.1, 0.15) is 40.0 Å². The summed E-state index contributed by atoms with van der Waals surface area (Å²) >= 11 is 3.50. The molecule has 2 aromatic carbocycles. The van der Waals surface area contributed by atoms with Crippen molar-refractivity contribution in [3.05, 3.63) is 76.4 Å². The fourth-order valence-electron chi connectivity index (χ4n) is 5.25. The molecule has 0 radical (unpaired) electrons. The molecule has 2 aliphatic rings. The molecule has 2 N–H and O–H groups in total. The second-order valence-corrected chi connectivity index (χ2v) is 10.5. The van der Waals surface area contributed by atoms with Gasteiger partial charge in [0.1, 0.15) is 11.6 Å². The van der Waals surface area contributed by atoms with Gasteiger partial charge in [0.25, 0.3) is 0 Å². The number of rotatable bonds is 5. The van der Waals surface area contributed by atoms with Crippen LogP contribution in [-0.4, -0.2) is 61.2 Å². The molecule has 6 rings (SSSR count). The largest absolute Gasteiger partial charge is 0.507 e. The van der Waals surface area contributed by atoms with Gasteiger partial charge >= 0.3 is 0 Å². The van der Waals surface area contributed by atoms with E-state index in [9.17, 15) is 19.5 Å². The number of para-hydroxylation sites is 1. The number of fused-ring (bicyclic) bond motifs is 2. The topological polar surface area (TPSA) is 117 Å². The summed E-state index contributed by atoms with van der Waals surface area (Å²) in [6.45, 7) is 1.03. The van der Waals surface area contributed by atoms with E-state index in [0.717, 1.165) is 10.3 Å². The second-order valence-electron chi connectivity index (χ2n) is 9.60. The van der Waals surface area contributed by atoms with Gasteiger partial charge in [-0.2, -0.15) is 9.61 Å². The number of hydrogen-bond donors (Lipinski definition) is 2. The zero-order chi connectivity index (χ0) is 26.4. The van der Waals surface area contributed by atoms with Crippen LogP contribution in [0.3, 0.4) is 0 Å². The molecule has 192 valence electrons. The van der Waals surface area contributed by atoms with Crippen molar-refractivity contribution in [2.45, 2.75) is 25.3 Å². The zero-order valence-corrected chi connectivity index (χ0v) is 21.9. The number of piperidine rings is 1. The number of phenolic OH excluding ortho intramolecular Hbond substituents is 1. The molecule has 1 fully saturated rings. The molecule has 0 unspecified atom stereocenters. The van der Waals surface area contributed by atoms with Crippen LogP contribution >= 0.6 is 15.9 Å². The Balaban J connectivity index is 1.14. The van der Waals surface area contributed by atoms with Gasteiger partial charge in [-0.3, -0.25) is 14.4 Å². The number of carbonyl (C=O) groups excluding carboxylic acids is 3. The molecule has 4 aromatic rings. The number of nitrogens with one attached hydrogen (secondary N) is 1. The highest BCUT2D eigenvalue weighted by molar-refractivity contribution is 9.10. The van der Waals surface area contributed by atoms with Gasteiger partial charge in [0.2, 0.25) is 5.91 Å². The van der Waals surface area contributed by atoms with Gasteiger partial charge in [-0.15, -0.1) is 0 Å². The predicted molar refractivity (Wildman–Crippen MR) is 144 cm³/mol. The van der Waals surface area contributed by atoms with E-state index in [0.29, 0.717) is 54.0 Å². The Morgan fingerprint density at radius 1 is 1.00 bits per heavy atom. The molecular weight excluding hydrogens is 550 g/mol. The quantitative estimate of drug-likeness (QED) is 0.341. The number of ketones is 2. The number of amides is 1. The molecule has 1 aliphatic heterocycles. The van der Waals surface area contributed by atoms with Crippen LogP contribution in [0, 0.1) is 5.92 Å². The number of benzene rings is 2. The summed E-state index contributed by atoms with van der Waals surface area (Å²) in [6, 6.07) is 15.7. The van der Waals surface area contributed by atoms with Gasteiger partial charge in [0, 0.05) is 48.3 Å². The van der Waals surface area contributed by atoms with Crippen molar-refractivity contribution in [1.29, 1.82) is 0 Å². The summed E-state index contributed by atoms with van der Waals surface area (Å²) in [5.41, 5.74) is 2.67. The Labute approximate surface area is 226 Å². The highest BCUT2D eigenvalue weighted by Gasteiger charge is 2.40. The maximum atomic E-state index is 13.0. The summed E-state index contributed by atoms with van der Waals surface area (Å²) < 4.78 is 2.44. The van der Waals surface area contributed by atoms with Crippen molar-refractivity contribution in [2.24, 2.45) is 5.92 Å². The Hall–Kier alpha value is -4.05. The summed E-state index contributed by atoms with van der Waals surface area (Å²) in [5.74, 6) is -0.756. The van der Waals surface area contributed by atoms with E-state index in [4.69, 9.17) is 0 Å². The number of phenols is 1. The Bertz CT molecular complexity index is 1560. The lowest BCUT2D eigenvalue weighted by molar-refractivity contribution is -0.132. The summed E-state index contributed by atoms with van der Waals surface area (Å²) in [5, 5.41) is 18.3. The van der Waals surface area contributed by atoms with Crippen LogP contribution in [0.2, 0.25) is 0 Å². The third-order valence-electron chi connectivity index (χ3n) is 7.28. The van der Waals surface area contributed by atoms with E-state index >= 15 is 0 Å². The molecule has 1 saturated heterocycles. The van der Waals surface area contributed by atoms with Gasteiger partial charge in [-0.05, 0) is 40.9 Å². The maximum absolute atomic E-state index is 13.0. The van der Waals surface area contributed by atoms with Crippen LogP contribution in [-0.2, 0) is 4.79 Å². The number of Topliss-reactive ketones (excluding diaryl/α,β-unsaturated/α-hetero) is 2. The number of aromatic hydroxyl groups is 1. The molecule has 1 amide bonds. The van der Waals surface area contributed by atoms with Crippen molar-refractivity contribution < 1.29 is 19.5 Å². The van der Waals surface area contributed by atoms with Gasteiger partial charge in [0.15, 0.2) is 17.2 Å². The molecule has 1 aliphatic carbocycles. The van der Waals surface area contributed by atoms with Crippen LogP contribution in [0.5, 0.6) is 5.75 Å². The Morgan fingerprint density at radius 2 is 1.63 bits per heavy atom. The van der Waals surface area contributed by atoms with Crippen molar-refractivity contribution in [3.63, 3.8) is 0 Å². The minimum Gasteiger partial charge on any atom is -0.507 e. The number of hydrogen-bond acceptors (Lipinski definition) is 7. The third kappa shape index (κ3) is 4.24. The monoisotopic (exact) mass is 573 g/mol. The molecule has 0 atom stereocenters. The molecule has 10 heteroatoms. The summed E-state index contributed by atoms with van der Waals surface area (Å²) in [6.07, 6.45) is 2.96. The molecule has 0 saturated carbocycles. The standard InChI is InChI=1S/C28H24BrN5O4/c29-21-15-30-34-24(14-22(32-28(21)34)19-7-3-4-8-23(19)35)31-16-9-11-33(12-10-16)25(36)13-20-26(37)17-5-1-2-6-18(17)27(20)38/h1-8,14-16,20,31,35H,9-13H2. The molecule has 38 heavy (non-hydrogen) atoms. The van der Waals surface area contributed by atoms with E-state index < -0.39 is 5.92 Å². The van der Waals surface area contributed by atoms with Crippen molar-refractivity contribution in [3.8, 4) is 17.0 Å².